The number of amides is 1. The molecule has 5 rings (SSSR count). The summed E-state index contributed by atoms with van der Waals surface area (Å²) in [5, 5.41) is 19.3. The standard InChI is InChI=1S/C23H22N6O2S/c1-31-20-10-6-5-9-18(20)22-26-25-21(32-22)16-11-13-28(14-12-16)23(30)19-15-24-29(27-19)17-7-3-2-4-8-17/h2-10,15-16H,11-14H2,1H3. The van der Waals surface area contributed by atoms with E-state index in [4.69, 9.17) is 4.74 Å². The Hall–Kier alpha value is -3.59. The molecular formula is C23H22N6O2S. The van der Waals surface area contributed by atoms with E-state index in [0.717, 1.165) is 39.9 Å². The van der Waals surface area contributed by atoms with E-state index in [0.29, 0.717) is 24.7 Å². The number of para-hydroxylation sites is 2. The first-order valence-corrected chi connectivity index (χ1v) is 11.3. The van der Waals surface area contributed by atoms with Gasteiger partial charge in [0.1, 0.15) is 10.8 Å². The zero-order valence-corrected chi connectivity index (χ0v) is 18.4. The molecule has 2 aromatic carbocycles. The maximum absolute atomic E-state index is 12.9. The number of carbonyl (C=O) groups excluding carboxylic acids is 1. The fraction of sp³-hybridized carbons (Fsp3) is 0.261. The smallest absolute Gasteiger partial charge is 0.276 e. The SMILES string of the molecule is COc1ccccc1-c1nnc(C2CCN(C(=O)c3cnn(-c4ccccc4)n3)CC2)s1. The normalized spacial score (nSPS) is 14.5. The average molecular weight is 447 g/mol. The van der Waals surface area contributed by atoms with E-state index in [1.54, 1.807) is 18.4 Å². The lowest BCUT2D eigenvalue weighted by atomic mass is 9.97. The number of carbonyl (C=O) groups is 1. The Bertz CT molecular complexity index is 1210. The van der Waals surface area contributed by atoms with Gasteiger partial charge in [-0.15, -0.1) is 15.3 Å². The molecule has 1 amide bonds. The molecule has 0 spiro atoms. The van der Waals surface area contributed by atoms with Gasteiger partial charge in [0.05, 0.1) is 24.6 Å². The summed E-state index contributed by atoms with van der Waals surface area (Å²) in [7, 11) is 1.66. The predicted molar refractivity (Wildman–Crippen MR) is 121 cm³/mol. The van der Waals surface area contributed by atoms with Crippen molar-refractivity contribution in [3.8, 4) is 22.0 Å². The number of likely N-dealkylation sites (tertiary alicyclic amines) is 1. The number of ether oxygens (including phenoxy) is 1. The molecule has 1 saturated heterocycles. The molecule has 0 saturated carbocycles. The van der Waals surface area contributed by atoms with Crippen molar-refractivity contribution in [1.29, 1.82) is 0 Å². The van der Waals surface area contributed by atoms with Crippen LogP contribution in [0.4, 0.5) is 0 Å². The average Bonchev–Trinajstić information content (AvgIpc) is 3.55. The Morgan fingerprint density at radius 1 is 1.03 bits per heavy atom. The quantitative estimate of drug-likeness (QED) is 0.463. The summed E-state index contributed by atoms with van der Waals surface area (Å²) >= 11 is 1.60. The van der Waals surface area contributed by atoms with Crippen LogP contribution < -0.4 is 4.74 Å². The molecule has 0 bridgehead atoms. The first-order valence-electron chi connectivity index (χ1n) is 10.5. The number of hydrogen-bond acceptors (Lipinski definition) is 7. The zero-order chi connectivity index (χ0) is 21.9. The summed E-state index contributed by atoms with van der Waals surface area (Å²) in [6.45, 7) is 1.32. The molecular weight excluding hydrogens is 424 g/mol. The highest BCUT2D eigenvalue weighted by Crippen LogP contribution is 2.36. The Morgan fingerprint density at radius 3 is 2.56 bits per heavy atom. The molecule has 1 aliphatic rings. The second kappa shape index (κ2) is 8.88. The molecule has 1 aliphatic heterocycles. The van der Waals surface area contributed by atoms with Crippen LogP contribution >= 0.6 is 11.3 Å². The second-order valence-electron chi connectivity index (χ2n) is 7.57. The van der Waals surface area contributed by atoms with Crippen LogP contribution in [-0.4, -0.2) is 56.2 Å². The minimum atomic E-state index is -0.0856. The van der Waals surface area contributed by atoms with Gasteiger partial charge in [-0.05, 0) is 37.1 Å². The Kier molecular flexibility index (Phi) is 5.64. The molecule has 3 heterocycles. The van der Waals surface area contributed by atoms with Crippen LogP contribution in [0, 0.1) is 0 Å². The van der Waals surface area contributed by atoms with E-state index in [1.807, 2.05) is 59.5 Å². The van der Waals surface area contributed by atoms with E-state index in [2.05, 4.69) is 20.4 Å². The van der Waals surface area contributed by atoms with E-state index >= 15 is 0 Å². The molecule has 4 aromatic rings. The number of aromatic nitrogens is 5. The molecule has 9 heteroatoms. The number of piperidine rings is 1. The lowest BCUT2D eigenvalue weighted by molar-refractivity contribution is 0.0706. The Labute approximate surface area is 189 Å². The lowest BCUT2D eigenvalue weighted by Crippen LogP contribution is -2.38. The van der Waals surface area contributed by atoms with E-state index in [-0.39, 0.29) is 5.91 Å². The third-order valence-electron chi connectivity index (χ3n) is 5.61. The van der Waals surface area contributed by atoms with Crippen molar-refractivity contribution in [2.45, 2.75) is 18.8 Å². The van der Waals surface area contributed by atoms with E-state index < -0.39 is 0 Å². The van der Waals surface area contributed by atoms with Crippen molar-refractivity contribution in [2.75, 3.05) is 20.2 Å². The molecule has 2 aromatic heterocycles. The molecule has 0 N–H and O–H groups in total. The highest BCUT2D eigenvalue weighted by atomic mass is 32.1. The second-order valence-corrected chi connectivity index (χ2v) is 8.58. The summed E-state index contributed by atoms with van der Waals surface area (Å²) in [4.78, 5) is 16.3. The number of hydrogen-bond donors (Lipinski definition) is 0. The van der Waals surface area contributed by atoms with Crippen molar-refractivity contribution < 1.29 is 9.53 Å². The largest absolute Gasteiger partial charge is 0.496 e. The number of benzene rings is 2. The first-order chi connectivity index (χ1) is 15.7. The van der Waals surface area contributed by atoms with Crippen LogP contribution in [0.5, 0.6) is 5.75 Å². The lowest BCUT2D eigenvalue weighted by Gasteiger charge is -2.30. The van der Waals surface area contributed by atoms with Crippen LogP contribution in [0.15, 0.2) is 60.8 Å². The van der Waals surface area contributed by atoms with Crippen molar-refractivity contribution >= 4 is 17.2 Å². The van der Waals surface area contributed by atoms with Gasteiger partial charge in [-0.3, -0.25) is 4.79 Å². The van der Waals surface area contributed by atoms with Gasteiger partial charge in [0, 0.05) is 19.0 Å². The van der Waals surface area contributed by atoms with Gasteiger partial charge in [0.15, 0.2) is 10.7 Å². The fourth-order valence-electron chi connectivity index (χ4n) is 3.87. The maximum atomic E-state index is 12.9. The topological polar surface area (TPSA) is 86.0 Å². The molecule has 1 fully saturated rings. The summed E-state index contributed by atoms with van der Waals surface area (Å²) in [5.74, 6) is 0.997. The van der Waals surface area contributed by atoms with Crippen molar-refractivity contribution in [3.63, 3.8) is 0 Å². The number of methoxy groups -OCH3 is 1. The minimum absolute atomic E-state index is 0.0856. The summed E-state index contributed by atoms with van der Waals surface area (Å²) < 4.78 is 5.45. The maximum Gasteiger partial charge on any atom is 0.276 e. The Morgan fingerprint density at radius 2 is 1.78 bits per heavy atom. The van der Waals surface area contributed by atoms with Crippen LogP contribution in [0.2, 0.25) is 0 Å². The van der Waals surface area contributed by atoms with Crippen molar-refractivity contribution in [3.05, 3.63) is 71.5 Å². The summed E-state index contributed by atoms with van der Waals surface area (Å²) in [5.41, 5.74) is 2.14. The monoisotopic (exact) mass is 446 g/mol. The highest BCUT2D eigenvalue weighted by Gasteiger charge is 2.28. The molecule has 0 atom stereocenters. The minimum Gasteiger partial charge on any atom is -0.496 e. The summed E-state index contributed by atoms with van der Waals surface area (Å²) in [6.07, 6.45) is 3.23. The van der Waals surface area contributed by atoms with Crippen LogP contribution in [-0.2, 0) is 0 Å². The van der Waals surface area contributed by atoms with Crippen molar-refractivity contribution in [2.24, 2.45) is 0 Å². The van der Waals surface area contributed by atoms with Gasteiger partial charge >= 0.3 is 0 Å². The van der Waals surface area contributed by atoms with Gasteiger partial charge < -0.3 is 9.64 Å². The van der Waals surface area contributed by atoms with Gasteiger partial charge in [-0.1, -0.05) is 41.7 Å². The molecule has 32 heavy (non-hydrogen) atoms. The van der Waals surface area contributed by atoms with Gasteiger partial charge in [-0.2, -0.15) is 9.90 Å². The number of nitrogens with zero attached hydrogens (tertiary/aromatic N) is 6. The van der Waals surface area contributed by atoms with Crippen LogP contribution in [0.1, 0.15) is 34.3 Å². The van der Waals surface area contributed by atoms with E-state index in [1.165, 1.54) is 11.0 Å². The van der Waals surface area contributed by atoms with Gasteiger partial charge in [-0.25, -0.2) is 0 Å². The highest BCUT2D eigenvalue weighted by molar-refractivity contribution is 7.14. The third-order valence-corrected chi connectivity index (χ3v) is 6.73. The van der Waals surface area contributed by atoms with Gasteiger partial charge in [0.25, 0.3) is 5.91 Å². The van der Waals surface area contributed by atoms with Crippen molar-refractivity contribution in [1.82, 2.24) is 30.1 Å². The van der Waals surface area contributed by atoms with Gasteiger partial charge in [0.2, 0.25) is 0 Å². The fourth-order valence-corrected chi connectivity index (χ4v) is 4.91. The predicted octanol–water partition coefficient (Wildman–Crippen LogP) is 3.81. The molecule has 8 nitrogen and oxygen atoms in total. The molecule has 0 unspecified atom stereocenters. The third kappa shape index (κ3) is 3.99. The molecule has 162 valence electrons. The number of rotatable bonds is 5. The van der Waals surface area contributed by atoms with E-state index in [9.17, 15) is 4.79 Å². The van der Waals surface area contributed by atoms with Crippen LogP contribution in [0.25, 0.3) is 16.3 Å². The Balaban J connectivity index is 1.24. The molecule has 0 radical (unpaired) electrons. The molecule has 0 aliphatic carbocycles. The van der Waals surface area contributed by atoms with Crippen LogP contribution in [0.3, 0.4) is 0 Å². The summed E-state index contributed by atoms with van der Waals surface area (Å²) in [6, 6.07) is 17.4. The zero-order valence-electron chi connectivity index (χ0n) is 17.6. The first kappa shape index (κ1) is 20.3.